The van der Waals surface area contributed by atoms with Gasteiger partial charge < -0.3 is 30.0 Å². The number of hydrogen-bond donors (Lipinski definition) is 3. The Morgan fingerprint density at radius 3 is 2.74 bits per heavy atom. The molecule has 0 aliphatic carbocycles. The lowest BCUT2D eigenvalue weighted by molar-refractivity contribution is -0.145. The number of aliphatic carboxylic acids is 1. The van der Waals surface area contributed by atoms with Gasteiger partial charge in [0.1, 0.15) is 18.2 Å². The smallest absolute Gasteiger partial charge is 0.407 e. The molecule has 1 amide bonds. The Morgan fingerprint density at radius 1 is 1.24 bits per heavy atom. The van der Waals surface area contributed by atoms with Crippen LogP contribution >= 0.6 is 0 Å². The maximum atomic E-state index is 12.0. The number of unbranched alkanes of at least 4 members (excludes halogenated alkanes) is 1. The molecule has 0 spiro atoms. The first-order chi connectivity index (χ1) is 18.1. The molecule has 3 rings (SSSR count). The van der Waals surface area contributed by atoms with Crippen LogP contribution in [0.2, 0.25) is 0 Å². The molecule has 1 aliphatic heterocycles. The minimum Gasteiger partial charge on any atom is -0.480 e. The van der Waals surface area contributed by atoms with Gasteiger partial charge in [-0.15, -0.1) is 0 Å². The molecule has 1 fully saturated rings. The summed E-state index contributed by atoms with van der Waals surface area (Å²) < 4.78 is 16.3. The fourth-order valence-electron chi connectivity index (χ4n) is 3.98. The summed E-state index contributed by atoms with van der Waals surface area (Å²) in [6.45, 7) is 7.95. The molecule has 0 unspecified atom stereocenters. The van der Waals surface area contributed by atoms with Crippen LogP contribution in [0.3, 0.4) is 0 Å². The SMILES string of the molecule is CCOC(=O)[C@@H]1C[C@@H](Oc2nccc3ccc(C#CCCCOC(=O)N[C@H](C(=O)O)C(C)(C)C)cc23)CN1. The van der Waals surface area contributed by atoms with Crippen LogP contribution in [0.4, 0.5) is 4.79 Å². The number of carbonyl (C=O) groups excluding carboxylic acids is 2. The van der Waals surface area contributed by atoms with Crippen LogP contribution in [-0.4, -0.2) is 66.1 Å². The Kier molecular flexibility index (Phi) is 9.91. The number of carboxylic acid groups (broad SMARTS) is 1. The van der Waals surface area contributed by atoms with Crippen LogP contribution in [0.15, 0.2) is 30.5 Å². The maximum Gasteiger partial charge on any atom is 0.407 e. The van der Waals surface area contributed by atoms with E-state index in [0.717, 1.165) is 16.3 Å². The van der Waals surface area contributed by atoms with E-state index in [1.54, 1.807) is 33.9 Å². The van der Waals surface area contributed by atoms with Gasteiger partial charge in [0, 0.05) is 36.5 Å². The Labute approximate surface area is 222 Å². The largest absolute Gasteiger partial charge is 0.480 e. The van der Waals surface area contributed by atoms with Gasteiger partial charge in [-0.3, -0.25) is 4.79 Å². The predicted octanol–water partition coefficient (Wildman–Crippen LogP) is 3.26. The summed E-state index contributed by atoms with van der Waals surface area (Å²) in [5.74, 6) is 5.27. The molecule has 3 N–H and O–H groups in total. The summed E-state index contributed by atoms with van der Waals surface area (Å²) in [7, 11) is 0. The molecule has 3 atom stereocenters. The molecular weight excluding hydrogens is 490 g/mol. The van der Waals surface area contributed by atoms with E-state index < -0.39 is 23.5 Å². The van der Waals surface area contributed by atoms with Gasteiger partial charge >= 0.3 is 18.0 Å². The van der Waals surface area contributed by atoms with Crippen molar-refractivity contribution >= 4 is 28.8 Å². The molecule has 2 heterocycles. The third-order valence-corrected chi connectivity index (χ3v) is 5.96. The van der Waals surface area contributed by atoms with E-state index in [9.17, 15) is 19.5 Å². The average molecular weight is 526 g/mol. The topological polar surface area (TPSA) is 136 Å². The summed E-state index contributed by atoms with van der Waals surface area (Å²) in [5, 5.41) is 16.6. The van der Waals surface area contributed by atoms with Gasteiger partial charge in [0.25, 0.3) is 0 Å². The lowest BCUT2D eigenvalue weighted by Gasteiger charge is -2.27. The molecule has 10 nitrogen and oxygen atoms in total. The van der Waals surface area contributed by atoms with Gasteiger partial charge in [-0.1, -0.05) is 38.7 Å². The Bertz CT molecular complexity index is 1210. The van der Waals surface area contributed by atoms with E-state index in [0.29, 0.717) is 38.3 Å². The third kappa shape index (κ3) is 8.08. The van der Waals surface area contributed by atoms with Crippen LogP contribution < -0.4 is 15.4 Å². The van der Waals surface area contributed by atoms with Crippen molar-refractivity contribution in [3.8, 4) is 17.7 Å². The van der Waals surface area contributed by atoms with E-state index in [1.807, 2.05) is 24.3 Å². The fourth-order valence-corrected chi connectivity index (χ4v) is 3.98. The van der Waals surface area contributed by atoms with E-state index in [1.165, 1.54) is 0 Å². The number of aromatic nitrogens is 1. The molecule has 10 heteroatoms. The van der Waals surface area contributed by atoms with Crippen molar-refractivity contribution < 1.29 is 33.7 Å². The Morgan fingerprint density at radius 2 is 2.03 bits per heavy atom. The van der Waals surface area contributed by atoms with Gasteiger partial charge in [-0.25, -0.2) is 14.6 Å². The number of amides is 1. The number of rotatable bonds is 9. The molecule has 1 aliphatic rings. The van der Waals surface area contributed by atoms with Crippen molar-refractivity contribution in [1.29, 1.82) is 0 Å². The number of hydrogen-bond acceptors (Lipinski definition) is 8. The zero-order valence-electron chi connectivity index (χ0n) is 22.2. The van der Waals surface area contributed by atoms with Gasteiger partial charge in [0.15, 0.2) is 0 Å². The molecule has 0 radical (unpaired) electrons. The molecule has 1 aromatic carbocycles. The second kappa shape index (κ2) is 13.1. The zero-order valence-corrected chi connectivity index (χ0v) is 22.2. The standard InChI is InChI=1S/C28H35N3O7/c1-5-36-26(34)22-16-20(17-30-22)38-24-21-15-18(10-11-19(21)12-13-29-24)9-7-6-8-14-37-27(35)31-23(25(32)33)28(2,3)4/h10-13,15,20,22-23,30H,5-6,8,14,16-17H2,1-4H3,(H,31,35)(H,32,33)/t20-,22+,23-/m1/s1. The van der Waals surface area contributed by atoms with E-state index in [-0.39, 0.29) is 24.7 Å². The molecule has 1 saturated heterocycles. The first-order valence-corrected chi connectivity index (χ1v) is 12.7. The number of carbonyl (C=O) groups is 3. The molecule has 2 aromatic rings. The summed E-state index contributed by atoms with van der Waals surface area (Å²) in [4.78, 5) is 39.7. The van der Waals surface area contributed by atoms with Crippen molar-refractivity contribution in [3.63, 3.8) is 0 Å². The summed E-state index contributed by atoms with van der Waals surface area (Å²) in [6, 6.07) is 6.24. The van der Waals surface area contributed by atoms with E-state index >= 15 is 0 Å². The lowest BCUT2D eigenvalue weighted by Crippen LogP contribution is -2.49. The monoisotopic (exact) mass is 525 g/mol. The maximum absolute atomic E-state index is 12.0. The number of esters is 1. The number of nitrogens with one attached hydrogen (secondary N) is 2. The van der Waals surface area contributed by atoms with Crippen LogP contribution in [-0.2, 0) is 19.1 Å². The van der Waals surface area contributed by atoms with E-state index in [2.05, 4.69) is 27.5 Å². The molecule has 38 heavy (non-hydrogen) atoms. The summed E-state index contributed by atoms with van der Waals surface area (Å²) in [6.07, 6.45) is 2.22. The molecule has 0 bridgehead atoms. The van der Waals surface area contributed by atoms with Gasteiger partial charge in [-0.05, 0) is 42.3 Å². The number of nitrogens with zero attached hydrogens (tertiary/aromatic N) is 1. The zero-order chi connectivity index (χ0) is 27.7. The number of ether oxygens (including phenoxy) is 3. The highest BCUT2D eigenvalue weighted by atomic mass is 16.5. The highest BCUT2D eigenvalue weighted by Gasteiger charge is 2.33. The van der Waals surface area contributed by atoms with Crippen LogP contribution in [0, 0.1) is 17.3 Å². The number of alkyl carbamates (subject to hydrolysis) is 1. The number of benzene rings is 1. The highest BCUT2D eigenvalue weighted by molar-refractivity contribution is 5.88. The van der Waals surface area contributed by atoms with Crippen LogP contribution in [0.25, 0.3) is 10.8 Å². The number of fused-ring (bicyclic) bond motifs is 1. The minimum absolute atomic E-state index is 0.124. The average Bonchev–Trinajstić information content (AvgIpc) is 3.33. The van der Waals surface area contributed by atoms with Crippen molar-refractivity contribution in [3.05, 3.63) is 36.0 Å². The van der Waals surface area contributed by atoms with Crippen molar-refractivity contribution in [2.45, 2.75) is 65.1 Å². The normalized spacial score (nSPS) is 17.7. The summed E-state index contributed by atoms with van der Waals surface area (Å²) in [5.41, 5.74) is 0.146. The summed E-state index contributed by atoms with van der Waals surface area (Å²) >= 11 is 0. The number of carboxylic acids is 1. The third-order valence-electron chi connectivity index (χ3n) is 5.96. The van der Waals surface area contributed by atoms with Gasteiger partial charge in [-0.2, -0.15) is 0 Å². The van der Waals surface area contributed by atoms with Crippen LogP contribution in [0.5, 0.6) is 5.88 Å². The van der Waals surface area contributed by atoms with Gasteiger partial charge in [0.05, 0.1) is 13.2 Å². The van der Waals surface area contributed by atoms with Crippen molar-refractivity contribution in [1.82, 2.24) is 15.6 Å². The van der Waals surface area contributed by atoms with Crippen molar-refractivity contribution in [2.75, 3.05) is 19.8 Å². The predicted molar refractivity (Wildman–Crippen MR) is 141 cm³/mol. The first kappa shape index (κ1) is 28.7. The minimum atomic E-state index is -1.11. The highest BCUT2D eigenvalue weighted by Crippen LogP contribution is 2.26. The van der Waals surface area contributed by atoms with Crippen molar-refractivity contribution in [2.24, 2.45) is 5.41 Å². The lowest BCUT2D eigenvalue weighted by atomic mass is 9.87. The molecule has 0 saturated carbocycles. The molecule has 1 aromatic heterocycles. The quantitative estimate of drug-likeness (QED) is 0.256. The number of pyridine rings is 1. The second-order valence-corrected chi connectivity index (χ2v) is 10.1. The Balaban J connectivity index is 1.53. The van der Waals surface area contributed by atoms with Crippen LogP contribution in [0.1, 0.15) is 52.5 Å². The molecule has 204 valence electrons. The first-order valence-electron chi connectivity index (χ1n) is 12.7. The second-order valence-electron chi connectivity index (χ2n) is 10.1. The van der Waals surface area contributed by atoms with E-state index in [4.69, 9.17) is 14.2 Å². The van der Waals surface area contributed by atoms with Gasteiger partial charge in [0.2, 0.25) is 5.88 Å². The Hall–Kier alpha value is -3.84. The molecular formula is C28H35N3O7. The fraction of sp³-hybridized carbons (Fsp3) is 0.500.